The molecule has 0 unspecified atom stereocenters. The highest BCUT2D eigenvalue weighted by molar-refractivity contribution is 5.83. The lowest BCUT2D eigenvalue weighted by atomic mass is 9.91. The van der Waals surface area contributed by atoms with Crippen LogP contribution < -0.4 is 11.3 Å². The molecule has 1 fully saturated rings. The van der Waals surface area contributed by atoms with E-state index in [-0.39, 0.29) is 23.9 Å². The lowest BCUT2D eigenvalue weighted by Gasteiger charge is -2.25. The van der Waals surface area contributed by atoms with Crippen LogP contribution in [0.4, 0.5) is 4.39 Å². The minimum absolute atomic E-state index is 0.143. The van der Waals surface area contributed by atoms with Crippen LogP contribution in [0.3, 0.4) is 0 Å². The first kappa shape index (κ1) is 17.4. The lowest BCUT2D eigenvalue weighted by molar-refractivity contribution is -0.132. The summed E-state index contributed by atoms with van der Waals surface area (Å²) in [5, 5.41) is 0. The summed E-state index contributed by atoms with van der Waals surface area (Å²) in [6, 6.07) is 10.3. The topological polar surface area (TPSA) is 79.2 Å². The second-order valence-corrected chi connectivity index (χ2v) is 6.55. The molecule has 2 aromatic rings. The summed E-state index contributed by atoms with van der Waals surface area (Å²) in [5.41, 5.74) is 8.81. The van der Waals surface area contributed by atoms with Crippen molar-refractivity contribution in [1.29, 1.82) is 0 Å². The molecule has 132 valence electrons. The van der Waals surface area contributed by atoms with Gasteiger partial charge in [-0.1, -0.05) is 31.2 Å². The number of amides is 1. The highest BCUT2D eigenvalue weighted by Gasteiger charge is 2.31. The van der Waals surface area contributed by atoms with Gasteiger partial charge in [0.15, 0.2) is 0 Å². The quantitative estimate of drug-likeness (QED) is 0.892. The molecule has 3 rings (SSSR count). The number of likely N-dealkylation sites (tertiary alicyclic amines) is 1. The number of aromatic nitrogens is 1. The second kappa shape index (κ2) is 7.19. The predicted octanol–water partition coefficient (Wildman–Crippen LogP) is 2.04. The van der Waals surface area contributed by atoms with Gasteiger partial charge in [-0.3, -0.25) is 9.59 Å². The van der Waals surface area contributed by atoms with Crippen LogP contribution in [0.5, 0.6) is 0 Å². The number of alkyl halides is 1. The van der Waals surface area contributed by atoms with E-state index in [1.54, 1.807) is 12.3 Å². The van der Waals surface area contributed by atoms with Crippen molar-refractivity contribution in [2.24, 2.45) is 5.73 Å². The largest absolute Gasteiger partial charge is 0.338 e. The Morgan fingerprint density at radius 3 is 2.48 bits per heavy atom. The van der Waals surface area contributed by atoms with E-state index in [4.69, 9.17) is 5.73 Å². The third-order valence-electron chi connectivity index (χ3n) is 4.82. The van der Waals surface area contributed by atoms with E-state index < -0.39 is 12.2 Å². The average Bonchev–Trinajstić information content (AvgIpc) is 3.07. The van der Waals surface area contributed by atoms with Crippen LogP contribution in [0.25, 0.3) is 11.1 Å². The standard InChI is InChI=1S/C19H22FN3O2/c1-12(18(21)19(25)23-9-8-16(20)11-23)13-2-4-14(5-3-13)15-6-7-17(24)22-10-15/h2-7,10,12,16,18H,8-9,11,21H2,1H3,(H,22,24)/t12-,16-,18-/m0/s1. The zero-order valence-corrected chi connectivity index (χ0v) is 14.1. The molecule has 1 amide bonds. The first-order valence-corrected chi connectivity index (χ1v) is 8.43. The Balaban J connectivity index is 1.71. The molecule has 1 saturated heterocycles. The summed E-state index contributed by atoms with van der Waals surface area (Å²) in [7, 11) is 0. The van der Waals surface area contributed by atoms with Crippen LogP contribution in [0.2, 0.25) is 0 Å². The molecule has 1 aromatic heterocycles. The number of hydrogen-bond donors (Lipinski definition) is 2. The van der Waals surface area contributed by atoms with Gasteiger partial charge in [0.25, 0.3) is 0 Å². The molecule has 0 spiro atoms. The number of halogens is 1. The van der Waals surface area contributed by atoms with Crippen LogP contribution in [0.1, 0.15) is 24.8 Å². The van der Waals surface area contributed by atoms with Gasteiger partial charge in [-0.25, -0.2) is 4.39 Å². The normalized spacial score (nSPS) is 19.6. The Kier molecular flexibility index (Phi) is 4.99. The number of carbonyl (C=O) groups excluding carboxylic acids is 1. The highest BCUT2D eigenvalue weighted by atomic mass is 19.1. The van der Waals surface area contributed by atoms with Crippen molar-refractivity contribution in [2.45, 2.75) is 31.5 Å². The van der Waals surface area contributed by atoms with Crippen molar-refractivity contribution in [1.82, 2.24) is 9.88 Å². The molecular weight excluding hydrogens is 321 g/mol. The van der Waals surface area contributed by atoms with E-state index in [9.17, 15) is 14.0 Å². The maximum atomic E-state index is 13.3. The van der Waals surface area contributed by atoms with E-state index in [1.165, 1.54) is 11.0 Å². The number of benzene rings is 1. The Morgan fingerprint density at radius 2 is 1.92 bits per heavy atom. The highest BCUT2D eigenvalue weighted by Crippen LogP contribution is 2.25. The van der Waals surface area contributed by atoms with E-state index in [1.807, 2.05) is 31.2 Å². The summed E-state index contributed by atoms with van der Waals surface area (Å²) < 4.78 is 13.3. The summed E-state index contributed by atoms with van der Waals surface area (Å²) >= 11 is 0. The van der Waals surface area contributed by atoms with Crippen LogP contribution in [-0.4, -0.2) is 41.1 Å². The summed E-state index contributed by atoms with van der Waals surface area (Å²) in [5.74, 6) is -0.367. The molecule has 1 aliphatic rings. The number of hydrogen-bond acceptors (Lipinski definition) is 3. The number of H-pyrrole nitrogens is 1. The number of nitrogens with zero attached hydrogens (tertiary/aromatic N) is 1. The Hall–Kier alpha value is -2.47. The first-order valence-electron chi connectivity index (χ1n) is 8.43. The lowest BCUT2D eigenvalue weighted by Crippen LogP contribution is -2.45. The second-order valence-electron chi connectivity index (χ2n) is 6.55. The van der Waals surface area contributed by atoms with E-state index >= 15 is 0 Å². The van der Waals surface area contributed by atoms with Gasteiger partial charge in [0.05, 0.1) is 12.6 Å². The van der Waals surface area contributed by atoms with Crippen LogP contribution >= 0.6 is 0 Å². The van der Waals surface area contributed by atoms with Crippen molar-refractivity contribution >= 4 is 5.91 Å². The van der Waals surface area contributed by atoms with Gasteiger partial charge in [-0.15, -0.1) is 0 Å². The number of aromatic amines is 1. The summed E-state index contributed by atoms with van der Waals surface area (Å²) in [6.45, 7) is 2.48. The Bertz CT molecular complexity index is 783. The number of pyridine rings is 1. The molecule has 1 aliphatic heterocycles. The van der Waals surface area contributed by atoms with Gasteiger partial charge in [-0.05, 0) is 29.2 Å². The fourth-order valence-corrected chi connectivity index (χ4v) is 3.12. The monoisotopic (exact) mass is 343 g/mol. The number of nitrogens with two attached hydrogens (primary N) is 1. The average molecular weight is 343 g/mol. The van der Waals surface area contributed by atoms with Crippen LogP contribution in [0.15, 0.2) is 47.4 Å². The zero-order chi connectivity index (χ0) is 18.0. The van der Waals surface area contributed by atoms with Gasteiger partial charge in [0.1, 0.15) is 6.17 Å². The van der Waals surface area contributed by atoms with Crippen molar-refractivity contribution < 1.29 is 9.18 Å². The Labute approximate surface area is 145 Å². The number of rotatable bonds is 4. The molecule has 3 atom stereocenters. The van der Waals surface area contributed by atoms with Crippen molar-refractivity contribution in [3.05, 3.63) is 58.5 Å². The van der Waals surface area contributed by atoms with Crippen LogP contribution in [0, 0.1) is 0 Å². The van der Waals surface area contributed by atoms with Gasteiger partial charge >= 0.3 is 0 Å². The van der Waals surface area contributed by atoms with Crippen molar-refractivity contribution in [2.75, 3.05) is 13.1 Å². The zero-order valence-electron chi connectivity index (χ0n) is 14.1. The smallest absolute Gasteiger partial charge is 0.247 e. The molecule has 0 aliphatic carbocycles. The fourth-order valence-electron chi connectivity index (χ4n) is 3.12. The minimum Gasteiger partial charge on any atom is -0.338 e. The third-order valence-corrected chi connectivity index (χ3v) is 4.82. The molecule has 3 N–H and O–H groups in total. The summed E-state index contributed by atoms with van der Waals surface area (Å²) in [4.78, 5) is 27.7. The fraction of sp³-hybridized carbons (Fsp3) is 0.368. The van der Waals surface area contributed by atoms with Gasteiger partial charge in [-0.2, -0.15) is 0 Å². The van der Waals surface area contributed by atoms with Crippen molar-refractivity contribution in [3.63, 3.8) is 0 Å². The number of carbonyl (C=O) groups is 1. The van der Waals surface area contributed by atoms with Gasteiger partial charge < -0.3 is 15.6 Å². The van der Waals surface area contributed by atoms with Crippen molar-refractivity contribution in [3.8, 4) is 11.1 Å². The molecule has 5 nitrogen and oxygen atoms in total. The molecule has 25 heavy (non-hydrogen) atoms. The molecule has 6 heteroatoms. The summed E-state index contributed by atoms with van der Waals surface area (Å²) in [6.07, 6.45) is 1.11. The number of nitrogens with one attached hydrogen (secondary N) is 1. The Morgan fingerprint density at radius 1 is 1.24 bits per heavy atom. The maximum Gasteiger partial charge on any atom is 0.247 e. The molecule has 0 saturated carbocycles. The predicted molar refractivity (Wildman–Crippen MR) is 95.0 cm³/mol. The molecule has 1 aromatic carbocycles. The first-order chi connectivity index (χ1) is 12.0. The van der Waals surface area contributed by atoms with Gasteiger partial charge in [0.2, 0.25) is 11.5 Å². The third kappa shape index (κ3) is 3.79. The maximum absolute atomic E-state index is 13.3. The minimum atomic E-state index is -0.942. The SMILES string of the molecule is C[C@@H](c1ccc(-c2ccc(=O)[nH]c2)cc1)[C@H](N)C(=O)N1CC[C@H](F)C1. The van der Waals surface area contributed by atoms with E-state index in [0.29, 0.717) is 13.0 Å². The molecule has 0 bridgehead atoms. The molecule has 0 radical (unpaired) electrons. The van der Waals surface area contributed by atoms with E-state index in [2.05, 4.69) is 4.98 Å². The van der Waals surface area contributed by atoms with Crippen LogP contribution in [-0.2, 0) is 4.79 Å². The molecule has 2 heterocycles. The molecular formula is C19H22FN3O2. The van der Waals surface area contributed by atoms with E-state index in [0.717, 1.165) is 16.7 Å². The van der Waals surface area contributed by atoms with Gasteiger partial charge in [0, 0.05) is 24.7 Å².